The van der Waals surface area contributed by atoms with Crippen molar-refractivity contribution in [2.45, 2.75) is 37.3 Å². The van der Waals surface area contributed by atoms with E-state index in [0.29, 0.717) is 0 Å². The second-order valence-corrected chi connectivity index (χ2v) is 14.4. The van der Waals surface area contributed by atoms with E-state index in [2.05, 4.69) is 13.8 Å². The smallest absolute Gasteiger partial charge is 0.150 e. The molecule has 0 atom stereocenters. The van der Waals surface area contributed by atoms with Gasteiger partial charge in [-0.2, -0.15) is 11.1 Å². The zero-order chi connectivity index (χ0) is 6.91. The Balaban J connectivity index is 2.24. The van der Waals surface area contributed by atoms with Crippen LogP contribution in [0.4, 0.5) is 0 Å². The fourth-order valence-corrected chi connectivity index (χ4v) is 17.9. The van der Waals surface area contributed by atoms with Gasteiger partial charge in [-0.3, -0.25) is 0 Å². The molecule has 1 fully saturated rings. The molecule has 0 amide bonds. The lowest BCUT2D eigenvalue weighted by molar-refractivity contribution is 1.26. The van der Waals surface area contributed by atoms with Crippen molar-refractivity contribution in [2.75, 3.05) is 0 Å². The molecule has 0 nitrogen and oxygen atoms in total. The second kappa shape index (κ2) is 2.76. The SMILES string of the molecule is CC[SiH]1C[Si](Cl)(CC)C1. The van der Waals surface area contributed by atoms with Crippen LogP contribution >= 0.6 is 11.1 Å². The van der Waals surface area contributed by atoms with Crippen molar-refractivity contribution in [3.63, 3.8) is 0 Å². The van der Waals surface area contributed by atoms with Crippen LogP contribution in [0.3, 0.4) is 0 Å². The molecular weight excluding hydrogens is 164 g/mol. The molecule has 0 aromatic rings. The van der Waals surface area contributed by atoms with E-state index < -0.39 is 7.38 Å². The van der Waals surface area contributed by atoms with Crippen LogP contribution in [0.5, 0.6) is 0 Å². The van der Waals surface area contributed by atoms with Crippen LogP contribution in [0.2, 0.25) is 23.4 Å². The number of halogens is 1. The van der Waals surface area contributed by atoms with Crippen LogP contribution in [0.1, 0.15) is 13.8 Å². The molecule has 1 saturated heterocycles. The van der Waals surface area contributed by atoms with Gasteiger partial charge in [0.25, 0.3) is 0 Å². The molecule has 1 rings (SSSR count). The summed E-state index contributed by atoms with van der Waals surface area (Å²) in [6.45, 7) is 4.59. The van der Waals surface area contributed by atoms with Gasteiger partial charge < -0.3 is 0 Å². The summed E-state index contributed by atoms with van der Waals surface area (Å²) in [5.74, 6) is 0. The average molecular weight is 179 g/mol. The summed E-state index contributed by atoms with van der Waals surface area (Å²) in [4.78, 5) is 0. The van der Waals surface area contributed by atoms with Gasteiger partial charge in [0.05, 0.1) is 0 Å². The maximum absolute atomic E-state index is 6.34. The Morgan fingerprint density at radius 2 is 2.00 bits per heavy atom. The van der Waals surface area contributed by atoms with Gasteiger partial charge in [-0.1, -0.05) is 31.2 Å². The Hall–Kier alpha value is 0.724. The zero-order valence-electron chi connectivity index (χ0n) is 6.28. The van der Waals surface area contributed by atoms with Gasteiger partial charge in [0.2, 0.25) is 0 Å². The monoisotopic (exact) mass is 178 g/mol. The number of rotatable bonds is 2. The predicted octanol–water partition coefficient (Wildman–Crippen LogP) is 2.53. The third kappa shape index (κ3) is 1.60. The summed E-state index contributed by atoms with van der Waals surface area (Å²) in [6, 6.07) is 2.81. The van der Waals surface area contributed by atoms with Crippen molar-refractivity contribution in [3.8, 4) is 0 Å². The third-order valence-corrected chi connectivity index (χ3v) is 19.0. The highest BCUT2D eigenvalue weighted by atomic mass is 35.6. The molecule has 0 unspecified atom stereocenters. The molecule has 1 heterocycles. The first-order chi connectivity index (χ1) is 4.20. The quantitative estimate of drug-likeness (QED) is 0.451. The Morgan fingerprint density at radius 3 is 2.33 bits per heavy atom. The van der Waals surface area contributed by atoms with Gasteiger partial charge in [-0.25, -0.2) is 0 Å². The van der Waals surface area contributed by atoms with E-state index in [-0.39, 0.29) is 8.80 Å². The Labute approximate surface area is 64.9 Å². The summed E-state index contributed by atoms with van der Waals surface area (Å²) >= 11 is 6.34. The Morgan fingerprint density at radius 1 is 1.44 bits per heavy atom. The third-order valence-electron chi connectivity index (χ3n) is 2.52. The molecule has 0 N–H and O–H groups in total. The minimum Gasteiger partial charge on any atom is -0.168 e. The van der Waals surface area contributed by atoms with Gasteiger partial charge in [0.1, 0.15) is 0 Å². The van der Waals surface area contributed by atoms with Gasteiger partial charge in [0.15, 0.2) is 7.38 Å². The fraction of sp³-hybridized carbons (Fsp3) is 1.00. The molecule has 0 bridgehead atoms. The highest BCUT2D eigenvalue weighted by molar-refractivity contribution is 7.31. The highest BCUT2D eigenvalue weighted by Crippen LogP contribution is 2.39. The minimum atomic E-state index is -1.02. The molecule has 3 heteroatoms. The first kappa shape index (κ1) is 7.83. The van der Waals surface area contributed by atoms with Crippen molar-refractivity contribution in [2.24, 2.45) is 0 Å². The van der Waals surface area contributed by atoms with Gasteiger partial charge >= 0.3 is 0 Å². The lowest BCUT2D eigenvalue weighted by Crippen LogP contribution is -2.47. The maximum Gasteiger partial charge on any atom is 0.150 e. The normalized spacial score (nSPS) is 42.3. The van der Waals surface area contributed by atoms with Crippen molar-refractivity contribution in [1.29, 1.82) is 0 Å². The van der Waals surface area contributed by atoms with Gasteiger partial charge in [0, 0.05) is 8.80 Å². The number of hydrogen-bond acceptors (Lipinski definition) is 0. The summed E-state index contributed by atoms with van der Waals surface area (Å²) in [7, 11) is -1.21. The molecule has 9 heavy (non-hydrogen) atoms. The largest absolute Gasteiger partial charge is 0.168 e. The molecule has 0 spiro atoms. The topological polar surface area (TPSA) is 0 Å². The lowest BCUT2D eigenvalue weighted by atomic mass is 11.0. The van der Waals surface area contributed by atoms with Crippen LogP contribution < -0.4 is 0 Å². The van der Waals surface area contributed by atoms with Gasteiger partial charge in [-0.15, -0.1) is 0 Å². The van der Waals surface area contributed by atoms with Crippen LogP contribution in [0.15, 0.2) is 0 Å². The van der Waals surface area contributed by atoms with Gasteiger partial charge in [-0.05, 0) is 6.04 Å². The van der Waals surface area contributed by atoms with Crippen LogP contribution in [0, 0.1) is 0 Å². The Bertz CT molecular complexity index is 99.2. The summed E-state index contributed by atoms with van der Waals surface area (Å²) in [5, 5.41) is 0. The van der Waals surface area contributed by atoms with Crippen molar-refractivity contribution in [1.82, 2.24) is 0 Å². The number of hydrogen-bond donors (Lipinski definition) is 0. The van der Waals surface area contributed by atoms with E-state index in [1.165, 1.54) is 23.4 Å². The van der Waals surface area contributed by atoms with E-state index >= 15 is 0 Å². The standard InChI is InChI=1S/C6H15ClSi2/c1-3-8-5-9(7,4-2)6-8/h8H,3-6H2,1-2H3. The molecule has 0 saturated carbocycles. The van der Waals surface area contributed by atoms with E-state index in [1.54, 1.807) is 0 Å². The maximum atomic E-state index is 6.34. The van der Waals surface area contributed by atoms with Crippen molar-refractivity contribution < 1.29 is 0 Å². The van der Waals surface area contributed by atoms with Crippen LogP contribution in [-0.4, -0.2) is 16.2 Å². The average Bonchev–Trinajstić information content (AvgIpc) is 1.81. The summed E-state index contributed by atoms with van der Waals surface area (Å²) in [6.07, 6.45) is 0. The summed E-state index contributed by atoms with van der Waals surface area (Å²) in [5.41, 5.74) is 3.06. The van der Waals surface area contributed by atoms with Crippen molar-refractivity contribution in [3.05, 3.63) is 0 Å². The first-order valence-electron chi connectivity index (χ1n) is 3.89. The molecule has 0 aromatic heterocycles. The molecule has 0 aliphatic carbocycles. The minimum absolute atomic E-state index is 0.193. The molecule has 0 aromatic carbocycles. The first-order valence-corrected chi connectivity index (χ1v) is 9.97. The molecule has 54 valence electrons. The molecule has 0 radical (unpaired) electrons. The van der Waals surface area contributed by atoms with E-state index in [1.807, 2.05) is 0 Å². The van der Waals surface area contributed by atoms with Crippen LogP contribution in [-0.2, 0) is 0 Å². The molecule has 1 aliphatic rings. The predicted molar refractivity (Wildman–Crippen MR) is 49.3 cm³/mol. The van der Waals surface area contributed by atoms with E-state index in [4.69, 9.17) is 11.1 Å². The van der Waals surface area contributed by atoms with E-state index in [9.17, 15) is 0 Å². The summed E-state index contributed by atoms with van der Waals surface area (Å²) < 4.78 is 0. The Kier molecular flexibility index (Phi) is 2.40. The molecular formula is C6H15ClSi2. The fourth-order valence-electron chi connectivity index (χ4n) is 1.55. The molecule has 1 aliphatic heterocycles. The second-order valence-electron chi connectivity index (χ2n) is 3.19. The highest BCUT2D eigenvalue weighted by Gasteiger charge is 2.43. The zero-order valence-corrected chi connectivity index (χ0v) is 9.19. The lowest BCUT2D eigenvalue weighted by Gasteiger charge is -2.39. The van der Waals surface area contributed by atoms with Crippen LogP contribution in [0.25, 0.3) is 0 Å². The van der Waals surface area contributed by atoms with Crippen molar-refractivity contribution >= 4 is 27.3 Å². The van der Waals surface area contributed by atoms with E-state index in [0.717, 1.165) is 0 Å².